The highest BCUT2D eigenvalue weighted by atomic mass is 32.2. The molecule has 0 atom stereocenters. The van der Waals surface area contributed by atoms with Crippen LogP contribution in [0, 0.1) is 12.7 Å². The van der Waals surface area contributed by atoms with Gasteiger partial charge in [-0.25, -0.2) is 9.40 Å². The average Bonchev–Trinajstić information content (AvgIpc) is 2.70. The second-order valence-corrected chi connectivity index (χ2v) is 8.11. The van der Waals surface area contributed by atoms with Gasteiger partial charge in [-0.3, -0.25) is 4.79 Å². The van der Waals surface area contributed by atoms with Crippen LogP contribution in [-0.2, 0) is 4.79 Å². The van der Waals surface area contributed by atoms with Crippen LogP contribution in [-0.4, -0.2) is 22.6 Å². The summed E-state index contributed by atoms with van der Waals surface area (Å²) in [5, 5.41) is 13.6. The molecule has 0 fully saturated rings. The first kappa shape index (κ1) is 20.0. The number of benzene rings is 2. The summed E-state index contributed by atoms with van der Waals surface area (Å²) in [6, 6.07) is 12.2. The van der Waals surface area contributed by atoms with E-state index in [9.17, 15) is 9.18 Å². The summed E-state index contributed by atoms with van der Waals surface area (Å²) < 4.78 is 13.1. The molecule has 0 radical (unpaired) electrons. The van der Waals surface area contributed by atoms with Gasteiger partial charge in [-0.1, -0.05) is 24.4 Å². The Morgan fingerprint density at radius 3 is 2.70 bits per heavy atom. The van der Waals surface area contributed by atoms with Crippen molar-refractivity contribution in [1.82, 2.24) is 10.3 Å². The summed E-state index contributed by atoms with van der Waals surface area (Å²) in [5.41, 5.74) is 5.56. The fraction of sp³-hybridized carbons (Fsp3) is 0.130. The highest BCUT2D eigenvalue weighted by molar-refractivity contribution is 8.14. The van der Waals surface area contributed by atoms with E-state index >= 15 is 0 Å². The molecule has 2 aromatic carbocycles. The van der Waals surface area contributed by atoms with E-state index in [0.717, 1.165) is 43.7 Å². The lowest BCUT2D eigenvalue weighted by Crippen LogP contribution is -2.36. The quantitative estimate of drug-likeness (QED) is 0.745. The normalized spacial score (nSPS) is 15.5. The van der Waals surface area contributed by atoms with Gasteiger partial charge >= 0.3 is 0 Å². The fourth-order valence-electron chi connectivity index (χ4n) is 3.39. The second-order valence-electron chi connectivity index (χ2n) is 7.01. The second kappa shape index (κ2) is 8.20. The zero-order chi connectivity index (χ0) is 21.3. The first-order valence-corrected chi connectivity index (χ1v) is 10.3. The highest BCUT2D eigenvalue weighted by Crippen LogP contribution is 2.35. The van der Waals surface area contributed by atoms with Gasteiger partial charge in [0.25, 0.3) is 0 Å². The summed E-state index contributed by atoms with van der Waals surface area (Å²) in [6.07, 6.45) is 3.99. The zero-order valence-corrected chi connectivity index (χ0v) is 17.5. The topological polar surface area (TPSA) is 56.7 Å². The zero-order valence-electron chi connectivity index (χ0n) is 16.7. The molecular weight excluding hydrogens is 399 g/mol. The Balaban J connectivity index is 1.65. The Labute approximate surface area is 179 Å². The number of hydrogen-bond acceptors (Lipinski definition) is 5. The number of carbonyl (C=O) groups excluding carboxylic acids is 1. The van der Waals surface area contributed by atoms with Crippen LogP contribution in [0.1, 0.15) is 18.1 Å². The Kier molecular flexibility index (Phi) is 5.46. The van der Waals surface area contributed by atoms with E-state index in [2.05, 4.69) is 17.2 Å². The van der Waals surface area contributed by atoms with Crippen LogP contribution in [0.15, 0.2) is 82.6 Å². The van der Waals surface area contributed by atoms with Gasteiger partial charge in [-0.05, 0) is 66.6 Å². The fourth-order valence-corrected chi connectivity index (χ4v) is 4.18. The van der Waals surface area contributed by atoms with Crippen molar-refractivity contribution in [3.8, 4) is 0 Å². The van der Waals surface area contributed by atoms with Crippen molar-refractivity contribution in [3.05, 3.63) is 89.5 Å². The molecule has 2 heterocycles. The molecule has 2 aliphatic rings. The number of allylic oxidation sites excluding steroid dienone is 2. The number of hydrazone groups is 1. The number of nitrogens with one attached hydrogen (secondary N) is 2. The van der Waals surface area contributed by atoms with Gasteiger partial charge in [-0.15, -0.1) is 0 Å². The predicted molar refractivity (Wildman–Crippen MR) is 120 cm³/mol. The molecule has 0 spiro atoms. The molecule has 0 saturated carbocycles. The van der Waals surface area contributed by atoms with Gasteiger partial charge in [0.1, 0.15) is 17.5 Å². The van der Waals surface area contributed by atoms with E-state index in [1.807, 2.05) is 42.3 Å². The lowest BCUT2D eigenvalue weighted by atomic mass is 9.94. The summed E-state index contributed by atoms with van der Waals surface area (Å²) in [7, 11) is 0. The number of rotatable bonds is 3. The van der Waals surface area contributed by atoms with E-state index in [4.69, 9.17) is 5.10 Å². The van der Waals surface area contributed by atoms with Crippen molar-refractivity contribution in [2.75, 3.05) is 12.0 Å². The first-order valence-electron chi connectivity index (χ1n) is 9.44. The molecule has 152 valence electrons. The van der Waals surface area contributed by atoms with Crippen LogP contribution < -0.4 is 10.6 Å². The number of amides is 1. The van der Waals surface area contributed by atoms with Gasteiger partial charge in [-0.2, -0.15) is 5.10 Å². The lowest BCUT2D eigenvalue weighted by molar-refractivity contribution is -0.114. The molecular formula is C23H21FN4OS. The van der Waals surface area contributed by atoms with Crippen molar-refractivity contribution in [1.29, 1.82) is 0 Å². The predicted octanol–water partition coefficient (Wildman–Crippen LogP) is 4.86. The number of thioether (sulfide) groups is 1. The van der Waals surface area contributed by atoms with E-state index < -0.39 is 0 Å². The smallest absolute Gasteiger partial charge is 0.221 e. The molecule has 2 N–H and O–H groups in total. The molecule has 1 amide bonds. The molecule has 2 aromatic rings. The molecule has 0 bridgehead atoms. The van der Waals surface area contributed by atoms with Crippen LogP contribution in [0.3, 0.4) is 0 Å². The van der Waals surface area contributed by atoms with E-state index in [1.165, 1.54) is 30.8 Å². The molecule has 0 aliphatic carbocycles. The molecule has 30 heavy (non-hydrogen) atoms. The minimum absolute atomic E-state index is 0.102. The minimum atomic E-state index is -0.256. The molecule has 2 aliphatic heterocycles. The molecule has 0 unspecified atom stereocenters. The SMILES string of the molecule is C=C1NCN2N=C(Sc3ccc(F)cc3)C=CC2=C1c1ccc(NC(C)=O)cc1C. The van der Waals surface area contributed by atoms with Gasteiger partial charge < -0.3 is 10.6 Å². The molecule has 5 nitrogen and oxygen atoms in total. The summed E-state index contributed by atoms with van der Waals surface area (Å²) in [5.74, 6) is -0.358. The Morgan fingerprint density at radius 1 is 1.23 bits per heavy atom. The third kappa shape index (κ3) is 4.16. The number of anilines is 1. The van der Waals surface area contributed by atoms with Crippen LogP contribution in [0.4, 0.5) is 10.1 Å². The van der Waals surface area contributed by atoms with Gasteiger partial charge in [0.05, 0.1) is 5.70 Å². The number of aryl methyl sites for hydroxylation is 1. The summed E-state index contributed by atoms with van der Waals surface area (Å²) in [6.45, 7) is 8.19. The number of halogens is 1. The monoisotopic (exact) mass is 420 g/mol. The van der Waals surface area contributed by atoms with Crippen LogP contribution in [0.25, 0.3) is 5.57 Å². The molecule has 7 heteroatoms. The van der Waals surface area contributed by atoms with Crippen LogP contribution >= 0.6 is 11.8 Å². The Morgan fingerprint density at radius 2 is 2.00 bits per heavy atom. The van der Waals surface area contributed by atoms with Crippen molar-refractivity contribution in [3.63, 3.8) is 0 Å². The maximum Gasteiger partial charge on any atom is 0.221 e. The van der Waals surface area contributed by atoms with Gasteiger partial charge in [0.15, 0.2) is 0 Å². The van der Waals surface area contributed by atoms with Crippen molar-refractivity contribution >= 4 is 34.0 Å². The standard InChI is InChI=1S/C23H21FN4OS/c1-14-12-18(26-16(3)29)6-9-20(14)23-15(2)25-13-28-21(23)10-11-22(27-28)30-19-7-4-17(24)5-8-19/h4-12,25H,2,13H2,1,3H3,(H,26,29). The Bertz CT molecular complexity index is 1120. The summed E-state index contributed by atoms with van der Waals surface area (Å²) >= 11 is 1.48. The molecule has 4 rings (SSSR count). The molecule has 0 aromatic heterocycles. The van der Waals surface area contributed by atoms with Crippen molar-refractivity contribution < 1.29 is 9.18 Å². The van der Waals surface area contributed by atoms with E-state index in [0.29, 0.717) is 6.67 Å². The lowest BCUT2D eigenvalue weighted by Gasteiger charge is -2.33. The summed E-state index contributed by atoms with van der Waals surface area (Å²) in [4.78, 5) is 12.3. The number of fused-ring (bicyclic) bond motifs is 1. The highest BCUT2D eigenvalue weighted by Gasteiger charge is 2.25. The maximum atomic E-state index is 13.1. The largest absolute Gasteiger partial charge is 0.366 e. The Hall–Kier alpha value is -3.32. The number of nitrogens with zero attached hydrogens (tertiary/aromatic N) is 2. The van der Waals surface area contributed by atoms with Crippen molar-refractivity contribution in [2.24, 2.45) is 5.10 Å². The number of carbonyl (C=O) groups is 1. The van der Waals surface area contributed by atoms with E-state index in [1.54, 1.807) is 12.1 Å². The average molecular weight is 421 g/mol. The maximum absolute atomic E-state index is 13.1. The third-order valence-electron chi connectivity index (χ3n) is 4.73. The van der Waals surface area contributed by atoms with Gasteiger partial charge in [0, 0.05) is 28.8 Å². The van der Waals surface area contributed by atoms with Crippen molar-refractivity contribution in [2.45, 2.75) is 18.7 Å². The van der Waals surface area contributed by atoms with Crippen LogP contribution in [0.2, 0.25) is 0 Å². The van der Waals surface area contributed by atoms with Gasteiger partial charge in [0.2, 0.25) is 5.91 Å². The first-order chi connectivity index (χ1) is 14.4. The number of hydrogen-bond donors (Lipinski definition) is 2. The minimum Gasteiger partial charge on any atom is -0.366 e. The third-order valence-corrected chi connectivity index (χ3v) is 5.67. The van der Waals surface area contributed by atoms with Crippen LogP contribution in [0.5, 0.6) is 0 Å². The van der Waals surface area contributed by atoms with E-state index in [-0.39, 0.29) is 11.7 Å². The molecule has 0 saturated heterocycles.